The molecule has 1 fully saturated rings. The summed E-state index contributed by atoms with van der Waals surface area (Å²) in [6, 6.07) is 11.3. The van der Waals surface area contributed by atoms with Gasteiger partial charge in [-0.1, -0.05) is 12.0 Å². The molecular formula is C26H28N4O3. The molecule has 0 spiro atoms. The standard InChI is InChI=1S/C26H28N4O3/c1-3-14-33-23-8-7-19(15-24(23)32-4-2)17-30-13-5-6-21(18-30)22-16-25(31)29-26(28-22)20-9-11-27-12-10-20/h1,7-12,15-16,21H,4-6,13-14,17-18H2,2H3,(H,28,29,31)/t21-/m1/s1. The Morgan fingerprint density at radius 2 is 2.03 bits per heavy atom. The molecule has 4 rings (SSSR count). The minimum atomic E-state index is -0.132. The van der Waals surface area contributed by atoms with Crippen LogP contribution in [-0.2, 0) is 6.54 Å². The van der Waals surface area contributed by atoms with Crippen molar-refractivity contribution in [3.8, 4) is 35.2 Å². The highest BCUT2D eigenvalue weighted by molar-refractivity contribution is 5.53. The Bertz CT molecular complexity index is 1170. The van der Waals surface area contributed by atoms with E-state index in [0.717, 1.165) is 49.3 Å². The largest absolute Gasteiger partial charge is 0.490 e. The molecule has 170 valence electrons. The summed E-state index contributed by atoms with van der Waals surface area (Å²) in [4.78, 5) is 26.4. The highest BCUT2D eigenvalue weighted by atomic mass is 16.5. The van der Waals surface area contributed by atoms with Crippen molar-refractivity contribution in [1.29, 1.82) is 0 Å². The lowest BCUT2D eigenvalue weighted by atomic mass is 9.94. The molecule has 0 bridgehead atoms. The number of H-pyrrole nitrogens is 1. The first-order valence-electron chi connectivity index (χ1n) is 11.2. The van der Waals surface area contributed by atoms with E-state index in [1.807, 2.05) is 37.3 Å². The fraction of sp³-hybridized carbons (Fsp3) is 0.346. The highest BCUT2D eigenvalue weighted by Gasteiger charge is 2.24. The zero-order valence-electron chi connectivity index (χ0n) is 18.8. The number of benzene rings is 1. The third kappa shape index (κ3) is 5.79. The fourth-order valence-corrected chi connectivity index (χ4v) is 4.19. The highest BCUT2D eigenvalue weighted by Crippen LogP contribution is 2.31. The lowest BCUT2D eigenvalue weighted by Gasteiger charge is -2.32. The fourth-order valence-electron chi connectivity index (χ4n) is 4.19. The van der Waals surface area contributed by atoms with Crippen molar-refractivity contribution >= 4 is 0 Å². The van der Waals surface area contributed by atoms with Crippen LogP contribution in [0.4, 0.5) is 0 Å². The van der Waals surface area contributed by atoms with Crippen molar-refractivity contribution in [1.82, 2.24) is 19.9 Å². The van der Waals surface area contributed by atoms with Gasteiger partial charge in [0.25, 0.3) is 5.56 Å². The molecule has 0 saturated carbocycles. The molecule has 1 N–H and O–H groups in total. The average molecular weight is 445 g/mol. The number of hydrogen-bond donors (Lipinski definition) is 1. The summed E-state index contributed by atoms with van der Waals surface area (Å²) < 4.78 is 11.4. The van der Waals surface area contributed by atoms with Crippen LogP contribution in [0.5, 0.6) is 11.5 Å². The van der Waals surface area contributed by atoms with E-state index in [-0.39, 0.29) is 18.1 Å². The number of likely N-dealkylation sites (tertiary alicyclic amines) is 1. The van der Waals surface area contributed by atoms with E-state index in [2.05, 4.69) is 20.8 Å². The van der Waals surface area contributed by atoms with Gasteiger partial charge in [0, 0.05) is 43.0 Å². The minimum Gasteiger partial charge on any atom is -0.490 e. The molecule has 0 radical (unpaired) electrons. The Morgan fingerprint density at radius 3 is 2.82 bits per heavy atom. The van der Waals surface area contributed by atoms with E-state index >= 15 is 0 Å². The summed E-state index contributed by atoms with van der Waals surface area (Å²) >= 11 is 0. The van der Waals surface area contributed by atoms with E-state index in [4.69, 9.17) is 20.9 Å². The molecule has 0 aliphatic carbocycles. The Hall–Kier alpha value is -3.63. The van der Waals surface area contributed by atoms with Crippen molar-refractivity contribution < 1.29 is 9.47 Å². The number of nitrogens with one attached hydrogen (secondary N) is 1. The van der Waals surface area contributed by atoms with Crippen LogP contribution in [0, 0.1) is 12.3 Å². The third-order valence-corrected chi connectivity index (χ3v) is 5.66. The van der Waals surface area contributed by atoms with Crippen LogP contribution < -0.4 is 15.0 Å². The van der Waals surface area contributed by atoms with Crippen molar-refractivity contribution in [3.05, 3.63) is 70.4 Å². The van der Waals surface area contributed by atoms with Gasteiger partial charge in [-0.05, 0) is 56.1 Å². The number of hydrogen-bond acceptors (Lipinski definition) is 6. The summed E-state index contributed by atoms with van der Waals surface area (Å²) in [5.74, 6) is 4.63. The van der Waals surface area contributed by atoms with Crippen LogP contribution in [-0.4, -0.2) is 46.2 Å². The van der Waals surface area contributed by atoms with Gasteiger partial charge in [-0.25, -0.2) is 4.98 Å². The summed E-state index contributed by atoms with van der Waals surface area (Å²) in [6.45, 7) is 5.32. The summed E-state index contributed by atoms with van der Waals surface area (Å²) in [6.07, 6.45) is 10.8. The third-order valence-electron chi connectivity index (χ3n) is 5.66. The number of nitrogens with zero attached hydrogens (tertiary/aromatic N) is 3. The maximum Gasteiger partial charge on any atom is 0.251 e. The monoisotopic (exact) mass is 444 g/mol. The molecule has 2 aromatic heterocycles. The molecular weight excluding hydrogens is 416 g/mol. The van der Waals surface area contributed by atoms with E-state index in [1.54, 1.807) is 18.5 Å². The van der Waals surface area contributed by atoms with Gasteiger partial charge in [-0.15, -0.1) is 6.42 Å². The molecule has 0 amide bonds. The van der Waals surface area contributed by atoms with Crippen LogP contribution >= 0.6 is 0 Å². The summed E-state index contributed by atoms with van der Waals surface area (Å²) in [5.41, 5.74) is 2.70. The molecule has 1 aliphatic rings. The van der Waals surface area contributed by atoms with Gasteiger partial charge in [0.15, 0.2) is 11.5 Å². The quantitative estimate of drug-likeness (QED) is 0.535. The Balaban J connectivity index is 1.49. The molecule has 1 saturated heterocycles. The normalized spacial score (nSPS) is 16.2. The zero-order chi connectivity index (χ0) is 23.0. The number of aromatic amines is 1. The predicted octanol–water partition coefficient (Wildman–Crippen LogP) is 3.62. The maximum atomic E-state index is 12.3. The smallest absolute Gasteiger partial charge is 0.251 e. The van der Waals surface area contributed by atoms with E-state index in [1.165, 1.54) is 0 Å². The van der Waals surface area contributed by atoms with Gasteiger partial charge in [-0.3, -0.25) is 14.7 Å². The maximum absolute atomic E-state index is 12.3. The lowest BCUT2D eigenvalue weighted by molar-refractivity contribution is 0.198. The SMILES string of the molecule is C#CCOc1ccc(CN2CCC[C@@H](c3cc(=O)[nH]c(-c4ccncc4)n3)C2)cc1OCC. The first-order valence-corrected chi connectivity index (χ1v) is 11.2. The van der Waals surface area contributed by atoms with Crippen LogP contribution in [0.15, 0.2) is 53.6 Å². The molecule has 0 unspecified atom stereocenters. The second-order valence-electron chi connectivity index (χ2n) is 8.04. The van der Waals surface area contributed by atoms with Crippen LogP contribution in [0.2, 0.25) is 0 Å². The van der Waals surface area contributed by atoms with Crippen molar-refractivity contribution in [2.45, 2.75) is 32.2 Å². The van der Waals surface area contributed by atoms with Crippen molar-refractivity contribution in [3.63, 3.8) is 0 Å². The van der Waals surface area contributed by atoms with Gasteiger partial charge in [0.05, 0.1) is 12.3 Å². The van der Waals surface area contributed by atoms with E-state index in [9.17, 15) is 4.79 Å². The van der Waals surface area contributed by atoms with Gasteiger partial charge in [0.2, 0.25) is 0 Å². The molecule has 7 nitrogen and oxygen atoms in total. The number of pyridine rings is 1. The number of aromatic nitrogens is 3. The summed E-state index contributed by atoms with van der Waals surface area (Å²) in [5, 5.41) is 0. The van der Waals surface area contributed by atoms with Crippen LogP contribution in [0.3, 0.4) is 0 Å². The van der Waals surface area contributed by atoms with Crippen LogP contribution in [0.25, 0.3) is 11.4 Å². The van der Waals surface area contributed by atoms with Gasteiger partial charge in [0.1, 0.15) is 12.4 Å². The summed E-state index contributed by atoms with van der Waals surface area (Å²) in [7, 11) is 0. The van der Waals surface area contributed by atoms with Gasteiger partial charge in [-0.2, -0.15) is 0 Å². The van der Waals surface area contributed by atoms with E-state index < -0.39 is 0 Å². The zero-order valence-corrected chi connectivity index (χ0v) is 18.8. The molecule has 1 aliphatic heterocycles. The second-order valence-corrected chi connectivity index (χ2v) is 8.04. The molecule has 1 atom stereocenters. The van der Waals surface area contributed by atoms with Gasteiger partial charge < -0.3 is 14.5 Å². The molecule has 3 aromatic rings. The first-order chi connectivity index (χ1) is 16.2. The molecule has 7 heteroatoms. The van der Waals surface area contributed by atoms with Gasteiger partial charge >= 0.3 is 0 Å². The number of rotatable bonds is 8. The molecule has 33 heavy (non-hydrogen) atoms. The van der Waals surface area contributed by atoms with Crippen molar-refractivity contribution in [2.24, 2.45) is 0 Å². The van der Waals surface area contributed by atoms with Crippen LogP contribution in [0.1, 0.15) is 36.9 Å². The minimum absolute atomic E-state index is 0.132. The lowest BCUT2D eigenvalue weighted by Crippen LogP contribution is -2.34. The number of ether oxygens (including phenoxy) is 2. The topological polar surface area (TPSA) is 80.3 Å². The molecule has 3 heterocycles. The van der Waals surface area contributed by atoms with E-state index in [0.29, 0.717) is 23.9 Å². The van der Waals surface area contributed by atoms with Crippen molar-refractivity contribution in [2.75, 3.05) is 26.3 Å². The predicted molar refractivity (Wildman–Crippen MR) is 127 cm³/mol. The number of terminal acetylenes is 1. The Kier molecular flexibility index (Phi) is 7.38. The Labute approximate surface area is 193 Å². The second kappa shape index (κ2) is 10.8. The molecule has 1 aromatic carbocycles. The Morgan fingerprint density at radius 1 is 1.18 bits per heavy atom. The average Bonchev–Trinajstić information content (AvgIpc) is 2.84. The first kappa shape index (κ1) is 22.6. The number of piperidine rings is 1.